The van der Waals surface area contributed by atoms with Gasteiger partial charge in [0.1, 0.15) is 4.38 Å². The molecule has 2 rings (SSSR count). The van der Waals surface area contributed by atoms with Crippen LogP contribution < -0.4 is 0 Å². The van der Waals surface area contributed by atoms with Crippen LogP contribution in [-0.2, 0) is 16.8 Å². The fourth-order valence-corrected chi connectivity index (χ4v) is 3.46. The molecule has 0 atom stereocenters. The van der Waals surface area contributed by atoms with Crippen LogP contribution in [0.1, 0.15) is 12.5 Å². The maximum Gasteiger partial charge on any atom is 0.394 e. The molecule has 1 saturated heterocycles. The minimum atomic E-state index is -4.67. The lowest BCUT2D eigenvalue weighted by Crippen LogP contribution is -1.89. The van der Waals surface area contributed by atoms with Crippen LogP contribution in [-0.4, -0.2) is 33.4 Å². The summed E-state index contributed by atoms with van der Waals surface area (Å²) in [5, 5.41) is 0. The van der Waals surface area contributed by atoms with Gasteiger partial charge in [-0.3, -0.25) is 9.11 Å². The average molecular weight is 321 g/mol. The Labute approximate surface area is 121 Å². The monoisotopic (exact) mass is 321 g/mol. The smallest absolute Gasteiger partial charge is 0.264 e. The van der Waals surface area contributed by atoms with E-state index in [1.807, 2.05) is 23.5 Å². The SMILES string of the molecule is CCc1ccc(N=C2SCCS2)cc1.O=S(=O)(O)O. The Hall–Kier alpha value is -0.540. The van der Waals surface area contributed by atoms with E-state index in [1.165, 1.54) is 21.4 Å². The maximum atomic E-state index is 8.74. The zero-order valence-corrected chi connectivity index (χ0v) is 12.8. The van der Waals surface area contributed by atoms with Crippen LogP contribution in [0.2, 0.25) is 0 Å². The highest BCUT2D eigenvalue weighted by Crippen LogP contribution is 2.29. The molecule has 19 heavy (non-hydrogen) atoms. The highest BCUT2D eigenvalue weighted by atomic mass is 32.3. The van der Waals surface area contributed by atoms with E-state index in [2.05, 4.69) is 36.2 Å². The molecule has 0 saturated carbocycles. The Morgan fingerprint density at radius 3 is 2.05 bits per heavy atom. The highest BCUT2D eigenvalue weighted by molar-refractivity contribution is 8.41. The number of thioether (sulfide) groups is 2. The van der Waals surface area contributed by atoms with Crippen molar-refractivity contribution < 1.29 is 17.5 Å². The molecule has 0 spiro atoms. The Morgan fingerprint density at radius 1 is 1.16 bits per heavy atom. The summed E-state index contributed by atoms with van der Waals surface area (Å²) >= 11 is 3.72. The zero-order valence-electron chi connectivity index (χ0n) is 10.3. The van der Waals surface area contributed by atoms with Crippen LogP contribution in [0, 0.1) is 0 Å². The van der Waals surface area contributed by atoms with E-state index < -0.39 is 10.4 Å². The standard InChI is InChI=1S/C11H13NS2.H2O4S/c1-2-9-3-5-10(6-4-9)12-11-13-7-8-14-11;1-5(2,3)4/h3-6H,2,7-8H2,1H3;(H2,1,2,3,4). The summed E-state index contributed by atoms with van der Waals surface area (Å²) in [5.74, 6) is 2.41. The van der Waals surface area contributed by atoms with Crippen LogP contribution in [0.5, 0.6) is 0 Å². The number of aliphatic imine (C=N–C) groups is 1. The molecular weight excluding hydrogens is 306 g/mol. The topological polar surface area (TPSA) is 87.0 Å². The van der Waals surface area contributed by atoms with Crippen LogP contribution >= 0.6 is 23.5 Å². The first-order valence-corrected chi connectivity index (χ1v) is 8.88. The van der Waals surface area contributed by atoms with Crippen LogP contribution in [0.15, 0.2) is 29.3 Å². The van der Waals surface area contributed by atoms with Gasteiger partial charge in [-0.15, -0.1) is 0 Å². The van der Waals surface area contributed by atoms with Crippen molar-refractivity contribution in [2.24, 2.45) is 4.99 Å². The first-order valence-electron chi connectivity index (χ1n) is 5.51. The van der Waals surface area contributed by atoms with Crippen molar-refractivity contribution in [3.8, 4) is 0 Å². The Balaban J connectivity index is 0.000000312. The summed E-state index contributed by atoms with van der Waals surface area (Å²) in [7, 11) is -4.67. The lowest BCUT2D eigenvalue weighted by atomic mass is 10.2. The molecular formula is C11H15NO4S3. The third-order valence-corrected chi connectivity index (χ3v) is 4.56. The van der Waals surface area contributed by atoms with E-state index in [0.717, 1.165) is 12.1 Å². The Bertz CT molecular complexity index is 509. The molecule has 1 aromatic rings. The summed E-state index contributed by atoms with van der Waals surface area (Å²) in [6, 6.07) is 8.52. The van der Waals surface area contributed by atoms with E-state index in [0.29, 0.717) is 0 Å². The van der Waals surface area contributed by atoms with E-state index in [-0.39, 0.29) is 0 Å². The van der Waals surface area contributed by atoms with Crippen molar-refractivity contribution in [1.82, 2.24) is 0 Å². The quantitative estimate of drug-likeness (QED) is 0.814. The molecule has 106 valence electrons. The first-order chi connectivity index (χ1) is 8.88. The fraction of sp³-hybridized carbons (Fsp3) is 0.364. The normalized spacial score (nSPS) is 14.8. The minimum absolute atomic E-state index is 1.08. The second-order valence-corrected chi connectivity index (χ2v) is 6.86. The summed E-state index contributed by atoms with van der Waals surface area (Å²) < 4.78 is 32.8. The van der Waals surface area contributed by atoms with Gasteiger partial charge in [-0.25, -0.2) is 4.99 Å². The number of hydrogen-bond donors (Lipinski definition) is 2. The Morgan fingerprint density at radius 2 is 1.63 bits per heavy atom. The van der Waals surface area contributed by atoms with Gasteiger partial charge >= 0.3 is 10.4 Å². The average Bonchev–Trinajstić information content (AvgIpc) is 2.81. The molecule has 5 nitrogen and oxygen atoms in total. The molecule has 0 aliphatic carbocycles. The predicted molar refractivity (Wildman–Crippen MR) is 82.0 cm³/mol. The number of hydrogen-bond acceptors (Lipinski definition) is 5. The largest absolute Gasteiger partial charge is 0.394 e. The van der Waals surface area contributed by atoms with E-state index in [4.69, 9.17) is 17.5 Å². The predicted octanol–water partition coefficient (Wildman–Crippen LogP) is 3.06. The summed E-state index contributed by atoms with van der Waals surface area (Å²) in [6.45, 7) is 2.17. The van der Waals surface area contributed by atoms with Crippen molar-refractivity contribution in [1.29, 1.82) is 0 Å². The molecule has 1 aliphatic rings. The molecule has 1 fully saturated rings. The van der Waals surface area contributed by atoms with Gasteiger partial charge < -0.3 is 0 Å². The summed E-state index contributed by atoms with van der Waals surface area (Å²) in [4.78, 5) is 4.58. The van der Waals surface area contributed by atoms with Crippen molar-refractivity contribution in [2.75, 3.05) is 11.5 Å². The lowest BCUT2D eigenvalue weighted by molar-refractivity contribution is 0.381. The van der Waals surface area contributed by atoms with Crippen LogP contribution in [0.3, 0.4) is 0 Å². The van der Waals surface area contributed by atoms with Crippen molar-refractivity contribution in [2.45, 2.75) is 13.3 Å². The number of aryl methyl sites for hydroxylation is 1. The number of benzene rings is 1. The summed E-state index contributed by atoms with van der Waals surface area (Å²) in [5.41, 5.74) is 2.46. The van der Waals surface area contributed by atoms with Gasteiger partial charge in [0, 0.05) is 11.5 Å². The molecule has 1 aromatic carbocycles. The van der Waals surface area contributed by atoms with Crippen LogP contribution in [0.25, 0.3) is 0 Å². The van der Waals surface area contributed by atoms with E-state index in [1.54, 1.807) is 0 Å². The first kappa shape index (κ1) is 16.5. The molecule has 0 radical (unpaired) electrons. The second kappa shape index (κ2) is 7.91. The molecule has 1 aliphatic heterocycles. The van der Waals surface area contributed by atoms with Crippen molar-refractivity contribution >= 4 is 44.0 Å². The third kappa shape index (κ3) is 8.27. The fourth-order valence-electron chi connectivity index (χ4n) is 1.28. The van der Waals surface area contributed by atoms with Gasteiger partial charge in [0.05, 0.1) is 5.69 Å². The number of rotatable bonds is 2. The van der Waals surface area contributed by atoms with Gasteiger partial charge in [0.15, 0.2) is 0 Å². The van der Waals surface area contributed by atoms with Crippen molar-refractivity contribution in [3.63, 3.8) is 0 Å². The van der Waals surface area contributed by atoms with Gasteiger partial charge in [-0.2, -0.15) is 8.42 Å². The zero-order chi connectivity index (χ0) is 14.3. The van der Waals surface area contributed by atoms with Gasteiger partial charge in [0.2, 0.25) is 0 Å². The molecule has 2 N–H and O–H groups in total. The molecule has 0 aromatic heterocycles. The van der Waals surface area contributed by atoms with E-state index in [9.17, 15) is 0 Å². The highest BCUT2D eigenvalue weighted by Gasteiger charge is 2.09. The summed E-state index contributed by atoms with van der Waals surface area (Å²) in [6.07, 6.45) is 1.10. The maximum absolute atomic E-state index is 8.74. The molecule has 0 bridgehead atoms. The second-order valence-electron chi connectivity index (χ2n) is 3.54. The van der Waals surface area contributed by atoms with Crippen LogP contribution in [0.4, 0.5) is 5.69 Å². The van der Waals surface area contributed by atoms with Crippen molar-refractivity contribution in [3.05, 3.63) is 29.8 Å². The molecule has 1 heterocycles. The van der Waals surface area contributed by atoms with E-state index >= 15 is 0 Å². The van der Waals surface area contributed by atoms with Gasteiger partial charge in [-0.1, -0.05) is 42.6 Å². The molecule has 8 heteroatoms. The van der Waals surface area contributed by atoms with Gasteiger partial charge in [-0.05, 0) is 24.1 Å². The third-order valence-electron chi connectivity index (χ3n) is 2.10. The minimum Gasteiger partial charge on any atom is -0.264 e. The molecule has 0 unspecified atom stereocenters. The van der Waals surface area contributed by atoms with Gasteiger partial charge in [0.25, 0.3) is 0 Å². The number of nitrogens with zero attached hydrogens (tertiary/aromatic N) is 1. The Kier molecular flexibility index (Phi) is 6.87. The molecule has 0 amide bonds. The lowest BCUT2D eigenvalue weighted by Gasteiger charge is -1.98.